The zero-order chi connectivity index (χ0) is 24.7. The van der Waals surface area contributed by atoms with Gasteiger partial charge in [-0.15, -0.1) is 11.3 Å². The number of nitrogens with one attached hydrogen (secondary N) is 1. The van der Waals surface area contributed by atoms with Gasteiger partial charge in [0.05, 0.1) is 38.6 Å². The molecule has 1 amide bonds. The third kappa shape index (κ3) is 4.17. The number of pyridine rings is 3. The second-order valence-electron chi connectivity index (χ2n) is 7.89. The van der Waals surface area contributed by atoms with Crippen LogP contribution in [0.3, 0.4) is 0 Å². The topological polar surface area (TPSA) is 76.9 Å². The molecule has 0 spiro atoms. The summed E-state index contributed by atoms with van der Waals surface area (Å²) >= 11 is 1.33. The molecule has 1 aromatic carbocycles. The Morgan fingerprint density at radius 2 is 1.83 bits per heavy atom. The average Bonchev–Trinajstić information content (AvgIpc) is 3.35. The molecule has 0 radical (unpaired) electrons. The van der Waals surface area contributed by atoms with Crippen molar-refractivity contribution in [3.05, 3.63) is 99.5 Å². The lowest BCUT2D eigenvalue weighted by Crippen LogP contribution is -2.27. The summed E-state index contributed by atoms with van der Waals surface area (Å²) in [7, 11) is 0. The molecule has 35 heavy (non-hydrogen) atoms. The Morgan fingerprint density at radius 1 is 1.06 bits per heavy atom. The van der Waals surface area contributed by atoms with Crippen LogP contribution in [0.4, 0.5) is 13.2 Å². The molecular weight excluding hydrogens is 477 g/mol. The summed E-state index contributed by atoms with van der Waals surface area (Å²) in [5, 5.41) is 5.57. The molecule has 5 rings (SSSR count). The van der Waals surface area contributed by atoms with E-state index in [1.165, 1.54) is 34.2 Å². The van der Waals surface area contributed by atoms with Crippen LogP contribution in [0.2, 0.25) is 0 Å². The molecule has 0 aliphatic carbocycles. The summed E-state index contributed by atoms with van der Waals surface area (Å²) in [4.78, 5) is 34.8. The molecule has 1 atom stereocenters. The summed E-state index contributed by atoms with van der Waals surface area (Å²) < 4.78 is 41.0. The fraction of sp³-hybridized carbons (Fsp3) is 0.120. The Morgan fingerprint density at radius 3 is 2.51 bits per heavy atom. The quantitative estimate of drug-likeness (QED) is 0.358. The first-order valence-corrected chi connectivity index (χ1v) is 11.4. The number of carbonyl (C=O) groups is 1. The number of nitrogens with zero attached hydrogens (tertiary/aromatic N) is 3. The molecule has 0 unspecified atom stereocenters. The van der Waals surface area contributed by atoms with Crippen molar-refractivity contribution in [2.24, 2.45) is 0 Å². The molecule has 1 N–H and O–H groups in total. The minimum atomic E-state index is -4.49. The van der Waals surface area contributed by atoms with Gasteiger partial charge in [-0.3, -0.25) is 19.1 Å². The van der Waals surface area contributed by atoms with Crippen molar-refractivity contribution in [3.63, 3.8) is 0 Å². The number of halogens is 3. The van der Waals surface area contributed by atoms with Crippen molar-refractivity contribution in [3.8, 4) is 5.69 Å². The smallest absolute Gasteiger partial charge is 0.344 e. The summed E-state index contributed by atoms with van der Waals surface area (Å²) in [6.45, 7) is 1.81. The van der Waals surface area contributed by atoms with Gasteiger partial charge in [0.2, 0.25) is 0 Å². The monoisotopic (exact) mass is 494 g/mol. The van der Waals surface area contributed by atoms with Gasteiger partial charge in [0.25, 0.3) is 11.5 Å². The predicted molar refractivity (Wildman–Crippen MR) is 128 cm³/mol. The zero-order valence-corrected chi connectivity index (χ0v) is 19.0. The highest BCUT2D eigenvalue weighted by molar-refractivity contribution is 7.18. The largest absolute Gasteiger partial charge is 0.416 e. The molecule has 5 aromatic rings. The van der Waals surface area contributed by atoms with E-state index in [-0.39, 0.29) is 28.8 Å². The number of amides is 1. The van der Waals surface area contributed by atoms with Crippen LogP contribution in [-0.2, 0) is 6.18 Å². The van der Waals surface area contributed by atoms with Crippen molar-refractivity contribution in [1.29, 1.82) is 0 Å². The fourth-order valence-corrected chi connectivity index (χ4v) is 4.75. The second-order valence-corrected chi connectivity index (χ2v) is 8.81. The van der Waals surface area contributed by atoms with E-state index in [4.69, 9.17) is 0 Å². The Balaban J connectivity index is 1.60. The van der Waals surface area contributed by atoms with Crippen LogP contribution in [0.1, 0.15) is 34.6 Å². The van der Waals surface area contributed by atoms with Gasteiger partial charge in [0.1, 0.15) is 5.65 Å². The van der Waals surface area contributed by atoms with Crippen LogP contribution < -0.4 is 10.9 Å². The highest BCUT2D eigenvalue weighted by Crippen LogP contribution is 2.31. The Labute approximate surface area is 200 Å². The minimum absolute atomic E-state index is 0.245. The van der Waals surface area contributed by atoms with E-state index in [0.717, 1.165) is 12.1 Å². The maximum Gasteiger partial charge on any atom is 0.416 e. The highest BCUT2D eigenvalue weighted by Gasteiger charge is 2.30. The number of alkyl halides is 3. The number of hydrogen-bond donors (Lipinski definition) is 1. The van der Waals surface area contributed by atoms with Crippen LogP contribution in [0.15, 0.2) is 77.2 Å². The first kappa shape index (κ1) is 22.7. The van der Waals surface area contributed by atoms with Gasteiger partial charge in [0, 0.05) is 17.8 Å². The normalized spacial score (nSPS) is 12.7. The number of carbonyl (C=O) groups excluding carboxylic acids is 1. The predicted octanol–water partition coefficient (Wildman–Crippen LogP) is 5.51. The first-order valence-electron chi connectivity index (χ1n) is 10.6. The lowest BCUT2D eigenvalue weighted by molar-refractivity contribution is -0.137. The molecule has 10 heteroatoms. The molecule has 176 valence electrons. The van der Waals surface area contributed by atoms with E-state index in [2.05, 4.69) is 15.3 Å². The summed E-state index contributed by atoms with van der Waals surface area (Å²) in [6.07, 6.45) is -1.50. The Bertz CT molecular complexity index is 1610. The summed E-state index contributed by atoms with van der Waals surface area (Å²) in [6, 6.07) is 12.7. The molecule has 0 saturated heterocycles. The van der Waals surface area contributed by atoms with Crippen molar-refractivity contribution in [1.82, 2.24) is 19.9 Å². The van der Waals surface area contributed by atoms with E-state index < -0.39 is 17.3 Å². The van der Waals surface area contributed by atoms with Gasteiger partial charge in [-0.1, -0.05) is 6.07 Å². The Hall–Kier alpha value is -4.05. The lowest BCUT2D eigenvalue weighted by atomic mass is 10.1. The molecule has 0 bridgehead atoms. The fourth-order valence-electron chi connectivity index (χ4n) is 3.85. The van der Waals surface area contributed by atoms with Gasteiger partial charge in [-0.05, 0) is 60.8 Å². The third-order valence-electron chi connectivity index (χ3n) is 5.62. The molecule has 6 nitrogen and oxygen atoms in total. The summed E-state index contributed by atoms with van der Waals surface area (Å²) in [5.41, 5.74) is 0.263. The summed E-state index contributed by atoms with van der Waals surface area (Å²) in [5.74, 6) is -0.366. The molecule has 0 saturated carbocycles. The van der Waals surface area contributed by atoms with Crippen LogP contribution in [0.25, 0.3) is 26.8 Å². The van der Waals surface area contributed by atoms with E-state index in [9.17, 15) is 22.8 Å². The van der Waals surface area contributed by atoms with Crippen LogP contribution in [0.5, 0.6) is 0 Å². The standard InChI is InChI=1S/C25H17F3N4O2S/c1-14(20-4-2-3-10-29-20)31-23(33)15-12-19-21-18(9-11-35-21)24(34)32(22(19)30-13-15)17-7-5-16(6-8-17)25(26,27)28/h2-14H,1H3,(H,31,33)/t14-/m0/s1. The van der Waals surface area contributed by atoms with Crippen molar-refractivity contribution in [2.45, 2.75) is 19.1 Å². The van der Waals surface area contributed by atoms with Crippen LogP contribution >= 0.6 is 11.3 Å². The zero-order valence-electron chi connectivity index (χ0n) is 18.2. The van der Waals surface area contributed by atoms with Crippen LogP contribution in [0, 0.1) is 0 Å². The van der Waals surface area contributed by atoms with Gasteiger partial charge >= 0.3 is 6.18 Å². The SMILES string of the molecule is C[C@H](NC(=O)c1cnc2c(c1)c1sccc1c(=O)n2-c1ccc(C(F)(F)F)cc1)c1ccccn1. The number of hydrogen-bond acceptors (Lipinski definition) is 5. The molecule has 0 aliphatic rings. The lowest BCUT2D eigenvalue weighted by Gasteiger charge is -2.15. The highest BCUT2D eigenvalue weighted by atomic mass is 32.1. The number of rotatable bonds is 4. The first-order chi connectivity index (χ1) is 16.7. The number of thiophene rings is 1. The average molecular weight is 494 g/mol. The third-order valence-corrected chi connectivity index (χ3v) is 6.56. The molecule has 4 heterocycles. The van der Waals surface area contributed by atoms with Crippen LogP contribution in [-0.4, -0.2) is 20.4 Å². The van der Waals surface area contributed by atoms with Crippen molar-refractivity contribution < 1.29 is 18.0 Å². The molecule has 4 aromatic heterocycles. The Kier molecular flexibility index (Phi) is 5.60. The van der Waals surface area contributed by atoms with E-state index in [0.29, 0.717) is 21.2 Å². The second kappa shape index (κ2) is 8.62. The maximum atomic E-state index is 13.2. The van der Waals surface area contributed by atoms with E-state index >= 15 is 0 Å². The maximum absolute atomic E-state index is 13.2. The van der Waals surface area contributed by atoms with Gasteiger partial charge in [-0.2, -0.15) is 13.2 Å². The van der Waals surface area contributed by atoms with E-state index in [1.54, 1.807) is 29.8 Å². The molecule has 0 aliphatic heterocycles. The minimum Gasteiger partial charge on any atom is -0.344 e. The van der Waals surface area contributed by atoms with Gasteiger partial charge < -0.3 is 5.32 Å². The van der Waals surface area contributed by atoms with Crippen molar-refractivity contribution in [2.75, 3.05) is 0 Å². The van der Waals surface area contributed by atoms with Gasteiger partial charge in [0.15, 0.2) is 0 Å². The van der Waals surface area contributed by atoms with Crippen molar-refractivity contribution >= 4 is 38.4 Å². The van der Waals surface area contributed by atoms with E-state index in [1.807, 2.05) is 19.1 Å². The molecule has 0 fully saturated rings. The van der Waals surface area contributed by atoms with Gasteiger partial charge in [-0.25, -0.2) is 4.98 Å². The molecular formula is C25H17F3N4O2S. The number of fused-ring (bicyclic) bond motifs is 3. The number of aromatic nitrogens is 3. The number of benzene rings is 1.